The van der Waals surface area contributed by atoms with Gasteiger partial charge in [0.15, 0.2) is 0 Å². The van der Waals surface area contributed by atoms with Crippen LogP contribution in [-0.2, 0) is 20.2 Å². The molecule has 0 aliphatic heterocycles. The minimum Gasteiger partial charge on any atom is -0.326 e. The van der Waals surface area contributed by atoms with Gasteiger partial charge in [-0.2, -0.15) is 0 Å². The van der Waals surface area contributed by atoms with E-state index >= 15 is 0 Å². The fourth-order valence-corrected chi connectivity index (χ4v) is 4.33. The van der Waals surface area contributed by atoms with Gasteiger partial charge in [0, 0.05) is 24.6 Å². The maximum absolute atomic E-state index is 12.6. The number of sulfonamides is 1. The maximum atomic E-state index is 12.6. The highest BCUT2D eigenvalue weighted by Crippen LogP contribution is 2.43. The molecular formula is C19H22N2O3S. The number of amides is 1. The van der Waals surface area contributed by atoms with E-state index in [2.05, 4.69) is 22.2 Å². The molecule has 1 fully saturated rings. The number of carbonyl (C=O) groups is 1. The van der Waals surface area contributed by atoms with Crippen LogP contribution in [-0.4, -0.2) is 20.9 Å². The van der Waals surface area contributed by atoms with Crippen LogP contribution in [0.25, 0.3) is 0 Å². The van der Waals surface area contributed by atoms with Crippen LogP contribution in [0.15, 0.2) is 59.5 Å². The summed E-state index contributed by atoms with van der Waals surface area (Å²) in [6.45, 7) is 1.81. The summed E-state index contributed by atoms with van der Waals surface area (Å²) in [5.74, 6) is -0.191. The quantitative estimate of drug-likeness (QED) is 0.833. The second-order valence-electron chi connectivity index (χ2n) is 6.53. The monoisotopic (exact) mass is 358 g/mol. The average Bonchev–Trinajstić information content (AvgIpc) is 2.55. The number of rotatable bonds is 6. The zero-order valence-electron chi connectivity index (χ0n) is 14.2. The summed E-state index contributed by atoms with van der Waals surface area (Å²) >= 11 is 0. The zero-order chi connectivity index (χ0) is 17.9. The van der Waals surface area contributed by atoms with Gasteiger partial charge in [0.2, 0.25) is 15.9 Å². The van der Waals surface area contributed by atoms with Gasteiger partial charge in [0.05, 0.1) is 4.90 Å². The van der Waals surface area contributed by atoms with E-state index < -0.39 is 10.0 Å². The lowest BCUT2D eigenvalue weighted by atomic mass is 9.64. The van der Waals surface area contributed by atoms with Crippen molar-refractivity contribution in [2.24, 2.45) is 0 Å². The number of hydrogen-bond donors (Lipinski definition) is 2. The Morgan fingerprint density at radius 2 is 1.68 bits per heavy atom. The summed E-state index contributed by atoms with van der Waals surface area (Å²) in [4.78, 5) is 11.2. The fourth-order valence-electron chi connectivity index (χ4n) is 3.20. The van der Waals surface area contributed by atoms with E-state index in [0.29, 0.717) is 12.2 Å². The average molecular weight is 358 g/mol. The number of anilines is 1. The van der Waals surface area contributed by atoms with Crippen molar-refractivity contribution in [3.63, 3.8) is 0 Å². The normalized spacial score (nSPS) is 16.0. The Bertz CT molecular complexity index is 842. The maximum Gasteiger partial charge on any atom is 0.240 e. The van der Waals surface area contributed by atoms with Crippen LogP contribution in [0.3, 0.4) is 0 Å². The summed E-state index contributed by atoms with van der Waals surface area (Å²) in [5.41, 5.74) is 1.65. The third kappa shape index (κ3) is 3.91. The standard InChI is InChI=1S/C19H22N2O3S/c1-15(22)21-17-8-10-18(11-9-17)25(23,24)20-14-19(12-5-13-19)16-6-3-2-4-7-16/h2-4,6-11,20H,5,12-14H2,1H3,(H,21,22). The van der Waals surface area contributed by atoms with Gasteiger partial charge in [0.25, 0.3) is 0 Å². The fraction of sp³-hybridized carbons (Fsp3) is 0.316. The lowest BCUT2D eigenvalue weighted by Gasteiger charge is -2.42. The van der Waals surface area contributed by atoms with Crippen LogP contribution < -0.4 is 10.0 Å². The van der Waals surface area contributed by atoms with Crippen molar-refractivity contribution in [1.29, 1.82) is 0 Å². The van der Waals surface area contributed by atoms with Crippen molar-refractivity contribution in [3.05, 3.63) is 60.2 Å². The molecule has 2 aromatic carbocycles. The predicted octanol–water partition coefficient (Wildman–Crippen LogP) is 3.05. The number of carbonyl (C=O) groups excluding carboxylic acids is 1. The molecule has 0 heterocycles. The second kappa shape index (κ2) is 6.98. The van der Waals surface area contributed by atoms with E-state index in [-0.39, 0.29) is 16.2 Å². The van der Waals surface area contributed by atoms with Crippen LogP contribution in [0.1, 0.15) is 31.7 Å². The van der Waals surface area contributed by atoms with E-state index in [1.54, 1.807) is 12.1 Å². The van der Waals surface area contributed by atoms with E-state index in [4.69, 9.17) is 0 Å². The molecule has 5 nitrogen and oxygen atoms in total. The smallest absolute Gasteiger partial charge is 0.240 e. The van der Waals surface area contributed by atoms with Gasteiger partial charge in [0.1, 0.15) is 0 Å². The molecule has 0 unspecified atom stereocenters. The summed E-state index contributed by atoms with van der Waals surface area (Å²) in [6.07, 6.45) is 3.09. The summed E-state index contributed by atoms with van der Waals surface area (Å²) in [5, 5.41) is 2.63. The lowest BCUT2D eigenvalue weighted by molar-refractivity contribution is -0.114. The third-order valence-electron chi connectivity index (χ3n) is 4.78. The number of nitrogens with one attached hydrogen (secondary N) is 2. The molecule has 0 radical (unpaired) electrons. The first kappa shape index (κ1) is 17.6. The van der Waals surface area contributed by atoms with Crippen LogP contribution >= 0.6 is 0 Å². The van der Waals surface area contributed by atoms with Gasteiger partial charge >= 0.3 is 0 Å². The van der Waals surface area contributed by atoms with Gasteiger partial charge in [-0.05, 0) is 42.7 Å². The highest BCUT2D eigenvalue weighted by Gasteiger charge is 2.39. The van der Waals surface area contributed by atoms with Gasteiger partial charge in [-0.3, -0.25) is 4.79 Å². The van der Waals surface area contributed by atoms with Crippen LogP contribution in [0.2, 0.25) is 0 Å². The molecule has 0 bridgehead atoms. The molecule has 0 aromatic heterocycles. The molecule has 1 amide bonds. The molecule has 2 N–H and O–H groups in total. The summed E-state index contributed by atoms with van der Waals surface area (Å²) in [6, 6.07) is 16.3. The first-order valence-corrected chi connectivity index (χ1v) is 9.83. The van der Waals surface area contributed by atoms with Crippen molar-refractivity contribution in [2.45, 2.75) is 36.5 Å². The van der Waals surface area contributed by atoms with E-state index in [1.807, 2.05) is 18.2 Å². The lowest BCUT2D eigenvalue weighted by Crippen LogP contribution is -2.45. The first-order chi connectivity index (χ1) is 11.9. The van der Waals surface area contributed by atoms with Crippen molar-refractivity contribution in [3.8, 4) is 0 Å². The number of benzene rings is 2. The van der Waals surface area contributed by atoms with Gasteiger partial charge in [-0.1, -0.05) is 36.8 Å². The molecule has 3 rings (SSSR count). The van der Waals surface area contributed by atoms with Crippen molar-refractivity contribution in [1.82, 2.24) is 4.72 Å². The molecule has 25 heavy (non-hydrogen) atoms. The van der Waals surface area contributed by atoms with Crippen molar-refractivity contribution in [2.75, 3.05) is 11.9 Å². The molecule has 1 aliphatic carbocycles. The molecule has 132 valence electrons. The molecular weight excluding hydrogens is 336 g/mol. The predicted molar refractivity (Wildman–Crippen MR) is 97.9 cm³/mol. The Kier molecular flexibility index (Phi) is 4.92. The van der Waals surface area contributed by atoms with Crippen molar-refractivity contribution < 1.29 is 13.2 Å². The minimum absolute atomic E-state index is 0.107. The second-order valence-corrected chi connectivity index (χ2v) is 8.30. The highest BCUT2D eigenvalue weighted by atomic mass is 32.2. The molecule has 1 saturated carbocycles. The Labute approximate surface area is 148 Å². The van der Waals surface area contributed by atoms with E-state index in [1.165, 1.54) is 24.6 Å². The SMILES string of the molecule is CC(=O)Nc1ccc(S(=O)(=O)NCC2(c3ccccc3)CCC2)cc1. The van der Waals surface area contributed by atoms with Gasteiger partial charge in [-0.25, -0.2) is 13.1 Å². The van der Waals surface area contributed by atoms with Crippen LogP contribution in [0, 0.1) is 0 Å². The minimum atomic E-state index is -3.59. The van der Waals surface area contributed by atoms with E-state index in [0.717, 1.165) is 19.3 Å². The third-order valence-corrected chi connectivity index (χ3v) is 6.20. The molecule has 2 aromatic rings. The topological polar surface area (TPSA) is 75.3 Å². The molecule has 1 aliphatic rings. The summed E-state index contributed by atoms with van der Waals surface area (Å²) < 4.78 is 27.9. The molecule has 6 heteroatoms. The Hall–Kier alpha value is -2.18. The highest BCUT2D eigenvalue weighted by molar-refractivity contribution is 7.89. The number of hydrogen-bond acceptors (Lipinski definition) is 3. The Morgan fingerprint density at radius 1 is 1.04 bits per heavy atom. The Morgan fingerprint density at radius 3 is 2.20 bits per heavy atom. The summed E-state index contributed by atoms with van der Waals surface area (Å²) in [7, 11) is -3.59. The first-order valence-electron chi connectivity index (χ1n) is 8.34. The molecule has 0 saturated heterocycles. The van der Waals surface area contributed by atoms with Gasteiger partial charge in [-0.15, -0.1) is 0 Å². The van der Waals surface area contributed by atoms with Crippen molar-refractivity contribution >= 4 is 21.6 Å². The van der Waals surface area contributed by atoms with E-state index in [9.17, 15) is 13.2 Å². The van der Waals surface area contributed by atoms with Crippen LogP contribution in [0.4, 0.5) is 5.69 Å². The molecule has 0 spiro atoms. The molecule has 0 atom stereocenters. The van der Waals surface area contributed by atoms with Crippen LogP contribution in [0.5, 0.6) is 0 Å². The largest absolute Gasteiger partial charge is 0.326 e. The Balaban J connectivity index is 1.72. The van der Waals surface area contributed by atoms with Gasteiger partial charge < -0.3 is 5.32 Å². The zero-order valence-corrected chi connectivity index (χ0v) is 15.0.